The highest BCUT2D eigenvalue weighted by molar-refractivity contribution is 5.79. The zero-order chi connectivity index (χ0) is 70.5. The summed E-state index contributed by atoms with van der Waals surface area (Å²) in [7, 11) is 0. The SMILES string of the molecule is C=C/C=C/CC/C=C/C=C/C=C/CC/C=C/C[C@H](O)[C@@H]1O[C@@H]([C@H](O)[C@H](O)C(=C)CC[C@@H](O)[C@H]2C[C@@H](O)[C@@H](O)[C@H]([C@@H](O)[C@H](O)/C=C(\C)CCC(O)CC(O)C(O)C(C)CC(O)C(O)CC(C)CCC(O)CC(=O)CC(O)CCCC(O)CCCCC(O)CO)O2)C[C@@H](O)[C@H]1O. The number of hydrogen-bond acceptors (Lipinski definition) is 23. The van der Waals surface area contributed by atoms with Gasteiger partial charge in [-0.2, -0.15) is 0 Å². The molecule has 0 aromatic rings. The molecule has 23 heteroatoms. The topological polar surface area (TPSA) is 440 Å². The second-order valence-corrected chi connectivity index (χ2v) is 26.6. The van der Waals surface area contributed by atoms with Crippen LogP contribution in [0.2, 0.25) is 0 Å². The minimum Gasteiger partial charge on any atom is -0.394 e. The van der Waals surface area contributed by atoms with Crippen molar-refractivity contribution in [1.29, 1.82) is 0 Å². The molecule has 11 unspecified atom stereocenters. The molecule has 0 radical (unpaired) electrons. The molecule has 20 N–H and O–H groups in total. The van der Waals surface area contributed by atoms with Gasteiger partial charge < -0.3 is 112 Å². The number of ether oxygens (including phenoxy) is 2. The van der Waals surface area contributed by atoms with E-state index in [4.69, 9.17) is 14.6 Å². The monoisotopic (exact) mass is 1340 g/mol. The van der Waals surface area contributed by atoms with Crippen molar-refractivity contribution < 1.29 is 116 Å². The van der Waals surface area contributed by atoms with Gasteiger partial charge in [0, 0.05) is 32.1 Å². The Bertz CT molecular complexity index is 2230. The molecule has 23 nitrogen and oxygen atoms in total. The average molecular weight is 1340 g/mol. The van der Waals surface area contributed by atoms with Crippen LogP contribution in [0.1, 0.15) is 181 Å². The van der Waals surface area contributed by atoms with E-state index in [1.54, 1.807) is 26.0 Å². The van der Waals surface area contributed by atoms with E-state index in [0.29, 0.717) is 63.4 Å². The third-order valence-electron chi connectivity index (χ3n) is 17.9. The molecular weight excluding hydrogens is 1220 g/mol. The average Bonchev–Trinajstić information content (AvgIpc) is 0.836. The van der Waals surface area contributed by atoms with Gasteiger partial charge in [0.05, 0.1) is 98.2 Å². The van der Waals surface area contributed by atoms with E-state index < -0.39 is 146 Å². The van der Waals surface area contributed by atoms with Crippen molar-refractivity contribution in [3.8, 4) is 0 Å². The molecule has 0 aromatic heterocycles. The van der Waals surface area contributed by atoms with Crippen molar-refractivity contribution in [2.24, 2.45) is 11.8 Å². The Hall–Kier alpha value is -3.29. The number of carbonyl (C=O) groups is 1. The van der Waals surface area contributed by atoms with Crippen molar-refractivity contribution in [2.45, 2.75) is 322 Å². The van der Waals surface area contributed by atoms with Gasteiger partial charge in [0.2, 0.25) is 0 Å². The normalized spacial score (nSPS) is 26.6. The van der Waals surface area contributed by atoms with Crippen LogP contribution in [0.4, 0.5) is 0 Å². The van der Waals surface area contributed by atoms with E-state index in [-0.39, 0.29) is 107 Å². The van der Waals surface area contributed by atoms with E-state index in [2.05, 4.69) is 19.2 Å². The molecule has 0 aliphatic carbocycles. The van der Waals surface area contributed by atoms with Crippen LogP contribution in [0.25, 0.3) is 0 Å². The molecule has 94 heavy (non-hydrogen) atoms. The Balaban J connectivity index is 1.78. The Kier molecular flexibility index (Phi) is 44.7. The van der Waals surface area contributed by atoms with Crippen molar-refractivity contribution in [3.63, 3.8) is 0 Å². The van der Waals surface area contributed by atoms with Gasteiger partial charge in [-0.05, 0) is 140 Å². The lowest BCUT2D eigenvalue weighted by molar-refractivity contribution is -0.228. The van der Waals surface area contributed by atoms with Crippen molar-refractivity contribution in [2.75, 3.05) is 6.61 Å². The minimum atomic E-state index is -1.82. The number of aliphatic hydroxyl groups excluding tert-OH is 20. The highest BCUT2D eigenvalue weighted by Crippen LogP contribution is 2.32. The standard InChI is InChI=1S/C71H122O23/c1-6-7-8-9-10-11-12-13-14-15-16-17-18-19-20-28-55(80)70-66(89)61(86)42-63(94-70)69(92)65(88)46(4)31-34-54(79)62-41-60(85)68(91)71(93-62)67(90)58(83)36-45(3)30-33-51(76)40-59(84)64(87)47(5)37-57(82)56(81)35-44(2)29-32-50(75)39-53(78)38-49(74)27-23-26-48(73)24-21-22-25-52(77)43-72/h6-8,11-16,19-20,36,44,47-52,54-77,79-92H,1,4,9-10,17-18,21-35,37-43H2,2-3,5H3/b8-7+,12-11+,14-13+,16-15+,20-19+,45-36+/t44?,47?,48?,49?,50?,51?,52?,54-,55+,56?,57?,58-,59?,60-,61-,62-,63-,64?,65-,66-,67+,68-,69+,70+,71+/m1/s1. The van der Waals surface area contributed by atoms with Crippen LogP contribution in [0.15, 0.2) is 97.2 Å². The van der Waals surface area contributed by atoms with Crippen LogP contribution >= 0.6 is 0 Å². The van der Waals surface area contributed by atoms with Gasteiger partial charge in [-0.1, -0.05) is 118 Å². The van der Waals surface area contributed by atoms with Crippen molar-refractivity contribution in [1.82, 2.24) is 0 Å². The Morgan fingerprint density at radius 1 is 0.521 bits per heavy atom. The summed E-state index contributed by atoms with van der Waals surface area (Å²) in [5.74, 6) is -1.21. The van der Waals surface area contributed by atoms with E-state index in [9.17, 15) is 102 Å². The summed E-state index contributed by atoms with van der Waals surface area (Å²) in [6.45, 7) is 12.2. The molecule has 0 amide bonds. The van der Waals surface area contributed by atoms with Crippen molar-refractivity contribution >= 4 is 5.78 Å². The van der Waals surface area contributed by atoms with Crippen LogP contribution in [0.3, 0.4) is 0 Å². The molecule has 2 aliphatic rings. The lowest BCUT2D eigenvalue weighted by Gasteiger charge is -2.42. The number of allylic oxidation sites excluding steroid dienone is 11. The predicted molar refractivity (Wildman–Crippen MR) is 356 cm³/mol. The summed E-state index contributed by atoms with van der Waals surface area (Å²) >= 11 is 0. The van der Waals surface area contributed by atoms with Gasteiger partial charge in [0.1, 0.15) is 54.6 Å². The largest absolute Gasteiger partial charge is 0.394 e. The number of ketones is 1. The van der Waals surface area contributed by atoms with Crippen LogP contribution in [0.5, 0.6) is 0 Å². The molecule has 2 aliphatic heterocycles. The first kappa shape index (κ1) is 86.8. The van der Waals surface area contributed by atoms with Gasteiger partial charge in [-0.15, -0.1) is 0 Å². The molecule has 0 spiro atoms. The molecule has 0 bridgehead atoms. The van der Waals surface area contributed by atoms with E-state index >= 15 is 0 Å². The van der Waals surface area contributed by atoms with Gasteiger partial charge in [-0.25, -0.2) is 0 Å². The number of hydrogen-bond donors (Lipinski definition) is 20. The molecule has 2 saturated heterocycles. The fraction of sp³-hybridized carbons (Fsp3) is 0.761. The lowest BCUT2D eigenvalue weighted by atomic mass is 9.87. The van der Waals surface area contributed by atoms with E-state index in [1.165, 1.54) is 6.08 Å². The third-order valence-corrected chi connectivity index (χ3v) is 17.9. The molecule has 0 aromatic carbocycles. The van der Waals surface area contributed by atoms with Crippen LogP contribution in [-0.2, 0) is 14.3 Å². The maximum Gasteiger partial charge on any atom is 0.138 e. The van der Waals surface area contributed by atoms with Gasteiger partial charge >= 0.3 is 0 Å². The second kappa shape index (κ2) is 48.5. The first-order valence-corrected chi connectivity index (χ1v) is 34.1. The summed E-state index contributed by atoms with van der Waals surface area (Å²) < 4.78 is 11.7. The second-order valence-electron chi connectivity index (χ2n) is 26.6. The Morgan fingerprint density at radius 3 is 1.67 bits per heavy atom. The van der Waals surface area contributed by atoms with Crippen molar-refractivity contribution in [3.05, 3.63) is 97.2 Å². The highest BCUT2D eigenvalue weighted by atomic mass is 16.6. The van der Waals surface area contributed by atoms with E-state index in [0.717, 1.165) is 19.3 Å². The molecule has 2 rings (SSSR count). The molecule has 25 atom stereocenters. The lowest BCUT2D eigenvalue weighted by Crippen LogP contribution is -2.58. The molecule has 2 fully saturated rings. The summed E-state index contributed by atoms with van der Waals surface area (Å²) in [6, 6.07) is 0. The van der Waals surface area contributed by atoms with Crippen LogP contribution in [-0.4, -0.2) is 255 Å². The summed E-state index contributed by atoms with van der Waals surface area (Å²) in [6.07, 6.45) is -1.59. The van der Waals surface area contributed by atoms with Gasteiger partial charge in [0.25, 0.3) is 0 Å². The maximum atomic E-state index is 12.5. The highest BCUT2D eigenvalue weighted by Gasteiger charge is 2.46. The first-order chi connectivity index (χ1) is 44.5. The molecule has 0 saturated carbocycles. The molecule has 2 heterocycles. The molecular formula is C71H122O23. The molecule has 544 valence electrons. The minimum absolute atomic E-state index is 0.0441. The Labute approximate surface area is 557 Å². The van der Waals surface area contributed by atoms with Crippen LogP contribution < -0.4 is 0 Å². The number of rotatable bonds is 51. The van der Waals surface area contributed by atoms with Gasteiger partial charge in [-0.3, -0.25) is 4.79 Å². The fourth-order valence-electron chi connectivity index (χ4n) is 11.8. The number of aliphatic hydroxyl groups is 20. The van der Waals surface area contributed by atoms with Crippen LogP contribution in [0, 0.1) is 11.8 Å². The zero-order valence-electron chi connectivity index (χ0n) is 55.8. The van der Waals surface area contributed by atoms with E-state index in [1.807, 2.05) is 55.5 Å². The predicted octanol–water partition coefficient (Wildman–Crippen LogP) is 2.43. The Morgan fingerprint density at radius 2 is 1.05 bits per heavy atom. The quantitative estimate of drug-likeness (QED) is 0.0236. The third kappa shape index (κ3) is 35.0. The summed E-state index contributed by atoms with van der Waals surface area (Å²) in [5, 5.41) is 213. The number of carbonyl (C=O) groups excluding carboxylic acids is 1. The zero-order valence-corrected chi connectivity index (χ0v) is 55.8. The summed E-state index contributed by atoms with van der Waals surface area (Å²) in [4.78, 5) is 12.5. The van der Waals surface area contributed by atoms with Gasteiger partial charge in [0.15, 0.2) is 0 Å². The number of unbranched alkanes of at least 4 members (excludes halogenated alkanes) is 3. The smallest absolute Gasteiger partial charge is 0.138 e. The number of Topliss-reactive ketones (excluding diaryl/α,β-unsaturated/α-hetero) is 1. The first-order valence-electron chi connectivity index (χ1n) is 34.1. The maximum absolute atomic E-state index is 12.5. The summed E-state index contributed by atoms with van der Waals surface area (Å²) in [5.41, 5.74) is 0.521. The fourth-order valence-corrected chi connectivity index (χ4v) is 11.8.